The molecule has 6 heteroatoms. The normalized spacial score (nSPS) is 14.8. The van der Waals surface area contributed by atoms with Crippen LogP contribution in [0.25, 0.3) is 0 Å². The third-order valence-electron chi connectivity index (χ3n) is 4.46. The number of carbonyl (C=O) groups is 1. The lowest BCUT2D eigenvalue weighted by Gasteiger charge is -2.33. The van der Waals surface area contributed by atoms with Crippen LogP contribution in [0.3, 0.4) is 0 Å². The third kappa shape index (κ3) is 4.37. The molecule has 2 heterocycles. The maximum atomic E-state index is 12.2. The number of aromatic nitrogens is 1. The highest BCUT2D eigenvalue weighted by Gasteiger charge is 2.22. The van der Waals surface area contributed by atoms with Crippen LogP contribution in [0, 0.1) is 17.2 Å². The summed E-state index contributed by atoms with van der Waals surface area (Å²) < 4.78 is 0.900. The Balaban J connectivity index is 1.51. The molecule has 1 N–H and O–H groups in total. The quantitative estimate of drug-likeness (QED) is 0.856. The first-order valence-corrected chi connectivity index (χ1v) is 9.10. The van der Waals surface area contributed by atoms with Crippen molar-refractivity contribution in [2.24, 2.45) is 5.92 Å². The van der Waals surface area contributed by atoms with Crippen molar-refractivity contribution in [1.29, 1.82) is 5.26 Å². The number of rotatable bonds is 4. The van der Waals surface area contributed by atoms with Crippen molar-refractivity contribution in [3.63, 3.8) is 0 Å². The van der Waals surface area contributed by atoms with Crippen LogP contribution in [-0.4, -0.2) is 30.5 Å². The number of pyridine rings is 1. The summed E-state index contributed by atoms with van der Waals surface area (Å²) in [6.07, 6.45) is 3.67. The fourth-order valence-electron chi connectivity index (χ4n) is 3.05. The van der Waals surface area contributed by atoms with Crippen LogP contribution in [-0.2, 0) is 0 Å². The molecule has 1 aliphatic heterocycles. The summed E-state index contributed by atoms with van der Waals surface area (Å²) in [5.74, 6) is 1.17. The SMILES string of the molecule is N#Cc1cccnc1N1CCC(CNC(=O)c2cccc(Br)c2)CC1. The number of anilines is 1. The highest BCUT2D eigenvalue weighted by atomic mass is 79.9. The number of nitriles is 1. The molecule has 1 amide bonds. The van der Waals surface area contributed by atoms with Crippen LogP contribution >= 0.6 is 15.9 Å². The molecule has 1 aromatic heterocycles. The van der Waals surface area contributed by atoms with Crippen molar-refractivity contribution in [3.05, 3.63) is 58.2 Å². The van der Waals surface area contributed by atoms with Gasteiger partial charge in [-0.05, 0) is 49.1 Å². The summed E-state index contributed by atoms with van der Waals surface area (Å²) in [4.78, 5) is 18.7. The van der Waals surface area contributed by atoms with Crippen LogP contribution in [0.1, 0.15) is 28.8 Å². The smallest absolute Gasteiger partial charge is 0.251 e. The summed E-state index contributed by atoms with van der Waals surface area (Å²) in [5.41, 5.74) is 1.28. The molecule has 25 heavy (non-hydrogen) atoms. The van der Waals surface area contributed by atoms with Crippen LogP contribution < -0.4 is 10.2 Å². The molecule has 0 atom stereocenters. The molecule has 1 fully saturated rings. The Morgan fingerprint density at radius 2 is 2.12 bits per heavy atom. The first-order chi connectivity index (χ1) is 12.2. The van der Waals surface area contributed by atoms with Crippen LogP contribution in [0.15, 0.2) is 47.1 Å². The molecule has 0 radical (unpaired) electrons. The van der Waals surface area contributed by atoms with E-state index >= 15 is 0 Å². The van der Waals surface area contributed by atoms with Gasteiger partial charge in [-0.3, -0.25) is 4.79 Å². The van der Waals surface area contributed by atoms with E-state index in [0.29, 0.717) is 23.6 Å². The van der Waals surface area contributed by atoms with Gasteiger partial charge >= 0.3 is 0 Å². The summed E-state index contributed by atoms with van der Waals surface area (Å²) >= 11 is 3.38. The van der Waals surface area contributed by atoms with Crippen molar-refractivity contribution in [1.82, 2.24) is 10.3 Å². The van der Waals surface area contributed by atoms with Crippen LogP contribution in [0.2, 0.25) is 0 Å². The predicted octanol–water partition coefficient (Wildman–Crippen LogP) is 3.36. The Bertz CT molecular complexity index is 794. The zero-order valence-corrected chi connectivity index (χ0v) is 15.4. The Hall–Kier alpha value is -2.39. The molecule has 1 aliphatic rings. The van der Waals surface area contributed by atoms with Gasteiger partial charge in [0.1, 0.15) is 11.9 Å². The fourth-order valence-corrected chi connectivity index (χ4v) is 3.45. The molecule has 0 aliphatic carbocycles. The fraction of sp³-hybridized carbons (Fsp3) is 0.316. The topological polar surface area (TPSA) is 69.0 Å². The van der Waals surface area contributed by atoms with Crippen molar-refractivity contribution in [2.45, 2.75) is 12.8 Å². The number of amides is 1. The highest BCUT2D eigenvalue weighted by Crippen LogP contribution is 2.24. The minimum Gasteiger partial charge on any atom is -0.356 e. The maximum absolute atomic E-state index is 12.2. The second-order valence-corrected chi connectivity index (χ2v) is 7.05. The average molecular weight is 399 g/mol. The zero-order chi connectivity index (χ0) is 17.6. The number of hydrogen-bond acceptors (Lipinski definition) is 4. The average Bonchev–Trinajstić information content (AvgIpc) is 2.66. The number of nitrogens with zero attached hydrogens (tertiary/aromatic N) is 3. The van der Waals surface area contributed by atoms with Crippen molar-refractivity contribution in [2.75, 3.05) is 24.5 Å². The number of hydrogen-bond donors (Lipinski definition) is 1. The summed E-state index contributed by atoms with van der Waals surface area (Å²) in [6, 6.07) is 13.2. The molecule has 0 bridgehead atoms. The second-order valence-electron chi connectivity index (χ2n) is 6.14. The van der Waals surface area contributed by atoms with Crippen LogP contribution in [0.4, 0.5) is 5.82 Å². The van der Waals surface area contributed by atoms with E-state index in [4.69, 9.17) is 0 Å². The number of piperidine rings is 1. The van der Waals surface area contributed by atoms with Gasteiger partial charge in [-0.25, -0.2) is 4.98 Å². The largest absolute Gasteiger partial charge is 0.356 e. The second kappa shape index (κ2) is 8.13. The van der Waals surface area contributed by atoms with Crippen LogP contribution in [0.5, 0.6) is 0 Å². The summed E-state index contributed by atoms with van der Waals surface area (Å²) in [7, 11) is 0. The Labute approximate surface area is 155 Å². The lowest BCUT2D eigenvalue weighted by Crippen LogP contribution is -2.39. The molecular weight excluding hydrogens is 380 g/mol. The number of benzene rings is 1. The standard InChI is InChI=1S/C19H19BrN4O/c20-17-5-1-3-15(11-17)19(25)23-13-14-6-9-24(10-7-14)18-16(12-21)4-2-8-22-18/h1-5,8,11,14H,6-7,9-10,13H2,(H,23,25). The minimum atomic E-state index is -0.0415. The van der Waals surface area contributed by atoms with Crippen molar-refractivity contribution < 1.29 is 4.79 Å². The molecule has 1 saturated heterocycles. The van der Waals surface area contributed by atoms with Gasteiger partial charge in [0.2, 0.25) is 0 Å². The van der Waals surface area contributed by atoms with E-state index in [-0.39, 0.29) is 5.91 Å². The molecule has 0 saturated carbocycles. The van der Waals surface area contributed by atoms with E-state index in [2.05, 4.69) is 37.2 Å². The molecule has 2 aromatic rings. The minimum absolute atomic E-state index is 0.0415. The van der Waals surface area contributed by atoms with Gasteiger partial charge in [-0.15, -0.1) is 0 Å². The molecule has 5 nitrogen and oxygen atoms in total. The summed E-state index contributed by atoms with van der Waals surface area (Å²) in [6.45, 7) is 2.37. The maximum Gasteiger partial charge on any atom is 0.251 e. The Morgan fingerprint density at radius 1 is 1.32 bits per heavy atom. The van der Waals surface area contributed by atoms with Gasteiger partial charge in [0.25, 0.3) is 5.91 Å². The monoisotopic (exact) mass is 398 g/mol. The third-order valence-corrected chi connectivity index (χ3v) is 4.95. The first kappa shape index (κ1) is 17.4. The van der Waals surface area contributed by atoms with E-state index in [1.165, 1.54) is 0 Å². The Kier molecular flexibility index (Phi) is 5.67. The molecule has 3 rings (SSSR count). The number of halogens is 1. The van der Waals surface area contributed by atoms with Gasteiger partial charge in [-0.2, -0.15) is 5.26 Å². The molecule has 0 unspecified atom stereocenters. The predicted molar refractivity (Wildman–Crippen MR) is 100 cm³/mol. The van der Waals surface area contributed by atoms with E-state index in [9.17, 15) is 10.1 Å². The van der Waals surface area contributed by atoms with E-state index in [1.807, 2.05) is 24.3 Å². The van der Waals surface area contributed by atoms with Crippen molar-refractivity contribution >= 4 is 27.7 Å². The number of nitrogens with one attached hydrogen (secondary N) is 1. The van der Waals surface area contributed by atoms with Gasteiger partial charge in [0, 0.05) is 35.9 Å². The first-order valence-electron chi connectivity index (χ1n) is 8.31. The van der Waals surface area contributed by atoms with E-state index < -0.39 is 0 Å². The Morgan fingerprint density at radius 3 is 2.84 bits per heavy atom. The van der Waals surface area contributed by atoms with E-state index in [0.717, 1.165) is 36.2 Å². The molecule has 0 spiro atoms. The molecule has 128 valence electrons. The molecule has 1 aromatic carbocycles. The lowest BCUT2D eigenvalue weighted by atomic mass is 9.96. The van der Waals surface area contributed by atoms with Gasteiger partial charge in [-0.1, -0.05) is 22.0 Å². The van der Waals surface area contributed by atoms with Gasteiger partial charge < -0.3 is 10.2 Å². The molecular formula is C19H19BrN4O. The van der Waals surface area contributed by atoms with Gasteiger partial charge in [0.05, 0.1) is 5.56 Å². The van der Waals surface area contributed by atoms with Gasteiger partial charge in [0.15, 0.2) is 0 Å². The summed E-state index contributed by atoms with van der Waals surface area (Å²) in [5, 5.41) is 12.2. The lowest BCUT2D eigenvalue weighted by molar-refractivity contribution is 0.0945. The zero-order valence-electron chi connectivity index (χ0n) is 13.8. The number of carbonyl (C=O) groups excluding carboxylic acids is 1. The highest BCUT2D eigenvalue weighted by molar-refractivity contribution is 9.10. The van der Waals surface area contributed by atoms with E-state index in [1.54, 1.807) is 18.3 Å². The van der Waals surface area contributed by atoms with Crippen molar-refractivity contribution in [3.8, 4) is 6.07 Å².